The highest BCUT2D eigenvalue weighted by molar-refractivity contribution is 14.0. The first-order valence-electron chi connectivity index (χ1n) is 9.67. The summed E-state index contributed by atoms with van der Waals surface area (Å²) in [6.07, 6.45) is 3.79. The molecule has 0 aliphatic heterocycles. The first-order chi connectivity index (χ1) is 12.9. The predicted octanol–water partition coefficient (Wildman–Crippen LogP) is 4.33. The number of halogens is 2. The molecular weight excluding hydrogens is 468 g/mol. The molecule has 0 aliphatic rings. The largest absolute Gasteiger partial charge is 0.357 e. The molecule has 0 spiro atoms. The van der Waals surface area contributed by atoms with E-state index < -0.39 is 0 Å². The minimum absolute atomic E-state index is 0. The van der Waals surface area contributed by atoms with Crippen molar-refractivity contribution in [3.63, 3.8) is 0 Å². The van der Waals surface area contributed by atoms with E-state index in [1.54, 1.807) is 12.1 Å². The number of hydrogen-bond donors (Lipinski definition) is 1. The van der Waals surface area contributed by atoms with Gasteiger partial charge in [-0.05, 0) is 43.4 Å². The number of aromatic nitrogens is 2. The zero-order chi connectivity index (χ0) is 19.8. The standard InChI is InChI=1S/C21H32FN5.HI/c1-6-23-21(24-12-8-10-17-9-7-11-19(22)13-17)26(4)14-18-15-27(5)25-20(18)16(2)3;/h7,9,11,13,15-16H,6,8,10,12,14H2,1-5H3,(H,23,24);1H. The molecule has 0 bridgehead atoms. The molecule has 0 saturated carbocycles. The van der Waals surface area contributed by atoms with Gasteiger partial charge in [0, 0.05) is 45.5 Å². The Labute approximate surface area is 185 Å². The monoisotopic (exact) mass is 501 g/mol. The Morgan fingerprint density at radius 2 is 2.11 bits per heavy atom. The first kappa shape index (κ1) is 24.4. The molecule has 1 aromatic carbocycles. The van der Waals surface area contributed by atoms with Crippen molar-refractivity contribution in [1.29, 1.82) is 0 Å². The number of rotatable bonds is 8. The van der Waals surface area contributed by atoms with Gasteiger partial charge in [0.15, 0.2) is 5.96 Å². The molecule has 5 nitrogen and oxygen atoms in total. The van der Waals surface area contributed by atoms with Gasteiger partial charge in [-0.1, -0.05) is 26.0 Å². The molecule has 1 aromatic heterocycles. The lowest BCUT2D eigenvalue weighted by Crippen LogP contribution is -2.38. The van der Waals surface area contributed by atoms with Gasteiger partial charge in [0.25, 0.3) is 0 Å². The van der Waals surface area contributed by atoms with Crippen LogP contribution in [0.15, 0.2) is 35.5 Å². The lowest BCUT2D eigenvalue weighted by molar-refractivity contribution is 0.473. The third kappa shape index (κ3) is 7.41. The van der Waals surface area contributed by atoms with Crippen LogP contribution in [0.3, 0.4) is 0 Å². The van der Waals surface area contributed by atoms with E-state index in [9.17, 15) is 4.39 Å². The fourth-order valence-corrected chi connectivity index (χ4v) is 3.12. The Balaban J connectivity index is 0.00000392. The molecule has 0 saturated heterocycles. The number of hydrogen-bond acceptors (Lipinski definition) is 2. The van der Waals surface area contributed by atoms with Gasteiger partial charge >= 0.3 is 0 Å². The van der Waals surface area contributed by atoms with Crippen molar-refractivity contribution in [2.45, 2.75) is 46.1 Å². The second kappa shape index (κ2) is 12.0. The van der Waals surface area contributed by atoms with Crippen LogP contribution in [0.25, 0.3) is 0 Å². The van der Waals surface area contributed by atoms with Crippen LogP contribution in [-0.2, 0) is 20.0 Å². The third-order valence-electron chi connectivity index (χ3n) is 4.36. The van der Waals surface area contributed by atoms with Crippen molar-refractivity contribution in [1.82, 2.24) is 20.0 Å². The van der Waals surface area contributed by atoms with E-state index in [0.717, 1.165) is 43.1 Å². The van der Waals surface area contributed by atoms with E-state index in [2.05, 4.69) is 42.3 Å². The highest BCUT2D eigenvalue weighted by Gasteiger charge is 2.15. The van der Waals surface area contributed by atoms with Crippen molar-refractivity contribution in [2.75, 3.05) is 20.1 Å². The molecule has 156 valence electrons. The normalized spacial score (nSPS) is 11.5. The number of nitrogens with zero attached hydrogens (tertiary/aromatic N) is 4. The summed E-state index contributed by atoms with van der Waals surface area (Å²) in [5, 5.41) is 7.94. The Bertz CT molecular complexity index is 757. The maximum atomic E-state index is 13.3. The molecule has 2 rings (SSSR count). The Morgan fingerprint density at radius 3 is 2.75 bits per heavy atom. The van der Waals surface area contributed by atoms with E-state index >= 15 is 0 Å². The molecule has 0 unspecified atom stereocenters. The van der Waals surface area contributed by atoms with E-state index in [4.69, 9.17) is 4.99 Å². The Hall–Kier alpha value is -1.64. The van der Waals surface area contributed by atoms with Crippen LogP contribution >= 0.6 is 24.0 Å². The lowest BCUT2D eigenvalue weighted by atomic mass is 10.1. The Morgan fingerprint density at radius 1 is 1.36 bits per heavy atom. The van der Waals surface area contributed by atoms with E-state index in [1.165, 1.54) is 11.6 Å². The number of guanidine groups is 1. The fourth-order valence-electron chi connectivity index (χ4n) is 3.12. The highest BCUT2D eigenvalue weighted by Crippen LogP contribution is 2.18. The van der Waals surface area contributed by atoms with Crippen LogP contribution in [0, 0.1) is 5.82 Å². The molecule has 2 aromatic rings. The van der Waals surface area contributed by atoms with Crippen molar-refractivity contribution in [3.8, 4) is 0 Å². The van der Waals surface area contributed by atoms with Gasteiger partial charge in [0.2, 0.25) is 0 Å². The molecule has 28 heavy (non-hydrogen) atoms. The first-order valence-corrected chi connectivity index (χ1v) is 9.67. The summed E-state index contributed by atoms with van der Waals surface area (Å²) in [6.45, 7) is 8.68. The summed E-state index contributed by atoms with van der Waals surface area (Å²) in [6, 6.07) is 6.78. The summed E-state index contributed by atoms with van der Waals surface area (Å²) in [7, 11) is 4.01. The average molecular weight is 501 g/mol. The topological polar surface area (TPSA) is 45.5 Å². The average Bonchev–Trinajstić information content (AvgIpc) is 2.98. The quantitative estimate of drug-likeness (QED) is 0.254. The highest BCUT2D eigenvalue weighted by atomic mass is 127. The van der Waals surface area contributed by atoms with Crippen molar-refractivity contribution in [3.05, 3.63) is 53.1 Å². The van der Waals surface area contributed by atoms with Crippen LogP contribution in [0.2, 0.25) is 0 Å². The van der Waals surface area contributed by atoms with Crippen molar-refractivity contribution >= 4 is 29.9 Å². The number of aryl methyl sites for hydroxylation is 2. The maximum Gasteiger partial charge on any atom is 0.193 e. The van der Waals surface area contributed by atoms with Crippen LogP contribution in [0.5, 0.6) is 0 Å². The van der Waals surface area contributed by atoms with Crippen LogP contribution < -0.4 is 5.32 Å². The van der Waals surface area contributed by atoms with E-state index in [1.807, 2.05) is 24.8 Å². The van der Waals surface area contributed by atoms with Gasteiger partial charge in [-0.15, -0.1) is 24.0 Å². The SMILES string of the molecule is CCNC(=NCCCc1cccc(F)c1)N(C)Cc1cn(C)nc1C(C)C.I. The van der Waals surface area contributed by atoms with Gasteiger partial charge in [-0.2, -0.15) is 5.10 Å². The molecule has 1 heterocycles. The van der Waals surface area contributed by atoms with Crippen molar-refractivity contribution < 1.29 is 4.39 Å². The summed E-state index contributed by atoms with van der Waals surface area (Å²) >= 11 is 0. The molecule has 0 aliphatic carbocycles. The van der Waals surface area contributed by atoms with Crippen LogP contribution in [-0.4, -0.2) is 40.8 Å². The number of aliphatic imine (C=N–C) groups is 1. The van der Waals surface area contributed by atoms with E-state index in [-0.39, 0.29) is 29.8 Å². The zero-order valence-corrected chi connectivity index (χ0v) is 19.9. The number of nitrogens with one attached hydrogen (secondary N) is 1. The number of benzene rings is 1. The smallest absolute Gasteiger partial charge is 0.193 e. The Kier molecular flexibility index (Phi) is 10.5. The van der Waals surface area contributed by atoms with Crippen LogP contribution in [0.4, 0.5) is 4.39 Å². The van der Waals surface area contributed by atoms with Gasteiger partial charge in [-0.3, -0.25) is 9.67 Å². The predicted molar refractivity (Wildman–Crippen MR) is 125 cm³/mol. The maximum absolute atomic E-state index is 13.3. The molecule has 0 amide bonds. The van der Waals surface area contributed by atoms with Crippen molar-refractivity contribution in [2.24, 2.45) is 12.0 Å². The molecule has 7 heteroatoms. The summed E-state index contributed by atoms with van der Waals surface area (Å²) < 4.78 is 15.1. The summed E-state index contributed by atoms with van der Waals surface area (Å²) in [4.78, 5) is 6.87. The summed E-state index contributed by atoms with van der Waals surface area (Å²) in [5.74, 6) is 1.09. The van der Waals surface area contributed by atoms with Gasteiger partial charge in [-0.25, -0.2) is 4.39 Å². The van der Waals surface area contributed by atoms with Gasteiger partial charge < -0.3 is 10.2 Å². The van der Waals surface area contributed by atoms with Gasteiger partial charge in [0.05, 0.1) is 5.69 Å². The lowest BCUT2D eigenvalue weighted by Gasteiger charge is -2.22. The third-order valence-corrected chi connectivity index (χ3v) is 4.36. The zero-order valence-electron chi connectivity index (χ0n) is 17.6. The second-order valence-electron chi connectivity index (χ2n) is 7.19. The van der Waals surface area contributed by atoms with E-state index in [0.29, 0.717) is 12.5 Å². The molecule has 0 fully saturated rings. The second-order valence-corrected chi connectivity index (χ2v) is 7.19. The molecule has 0 atom stereocenters. The fraction of sp³-hybridized carbons (Fsp3) is 0.524. The van der Waals surface area contributed by atoms with Crippen LogP contribution in [0.1, 0.15) is 49.9 Å². The van der Waals surface area contributed by atoms with Gasteiger partial charge in [0.1, 0.15) is 5.82 Å². The minimum Gasteiger partial charge on any atom is -0.357 e. The molecule has 1 N–H and O–H groups in total. The minimum atomic E-state index is -0.179. The molecular formula is C21H33FIN5. The molecule has 0 radical (unpaired) electrons. The summed E-state index contributed by atoms with van der Waals surface area (Å²) in [5.41, 5.74) is 3.37.